The van der Waals surface area contributed by atoms with Crippen molar-refractivity contribution in [1.82, 2.24) is 4.98 Å². The lowest BCUT2D eigenvalue weighted by atomic mass is 10.0. The number of rotatable bonds is 3. The van der Waals surface area contributed by atoms with E-state index in [2.05, 4.69) is 10.3 Å². The number of carbonyl (C=O) groups is 1. The zero-order valence-corrected chi connectivity index (χ0v) is 11.1. The number of aryl methyl sites for hydroxylation is 1. The molecular formula is C14H18N2O2. The van der Waals surface area contributed by atoms with E-state index < -0.39 is 5.54 Å². The SMILES string of the molecule is COC(=O)C(C)(C)Nc1c(C)[nH]c2ccccc12. The van der Waals surface area contributed by atoms with Crippen LogP contribution in [0.4, 0.5) is 5.69 Å². The van der Waals surface area contributed by atoms with Gasteiger partial charge in [-0.25, -0.2) is 4.79 Å². The molecule has 4 heteroatoms. The van der Waals surface area contributed by atoms with Gasteiger partial charge in [-0.05, 0) is 26.8 Å². The van der Waals surface area contributed by atoms with Gasteiger partial charge in [-0.1, -0.05) is 18.2 Å². The van der Waals surface area contributed by atoms with Gasteiger partial charge >= 0.3 is 5.97 Å². The predicted molar refractivity (Wildman–Crippen MR) is 72.8 cm³/mol. The minimum absolute atomic E-state index is 0.285. The third-order valence-corrected chi connectivity index (χ3v) is 3.03. The summed E-state index contributed by atoms with van der Waals surface area (Å²) in [7, 11) is 1.40. The van der Waals surface area contributed by atoms with Crippen LogP contribution in [0.25, 0.3) is 10.9 Å². The molecule has 2 N–H and O–H groups in total. The topological polar surface area (TPSA) is 54.1 Å². The summed E-state index contributed by atoms with van der Waals surface area (Å²) in [5, 5.41) is 4.33. The highest BCUT2D eigenvalue weighted by Crippen LogP contribution is 2.29. The molecule has 1 aromatic heterocycles. The first kappa shape index (κ1) is 12.5. The number of hydrogen-bond donors (Lipinski definition) is 2. The third-order valence-electron chi connectivity index (χ3n) is 3.03. The van der Waals surface area contributed by atoms with Crippen LogP contribution in [0, 0.1) is 6.92 Å². The highest BCUT2D eigenvalue weighted by atomic mass is 16.5. The number of ether oxygens (including phenoxy) is 1. The molecule has 2 aromatic rings. The number of hydrogen-bond acceptors (Lipinski definition) is 3. The van der Waals surface area contributed by atoms with Gasteiger partial charge in [0.2, 0.25) is 0 Å². The molecule has 0 saturated heterocycles. The van der Waals surface area contributed by atoms with E-state index in [-0.39, 0.29) is 5.97 Å². The minimum atomic E-state index is -0.759. The van der Waals surface area contributed by atoms with Crippen molar-refractivity contribution < 1.29 is 9.53 Å². The minimum Gasteiger partial charge on any atom is -0.467 e. The summed E-state index contributed by atoms with van der Waals surface area (Å²) < 4.78 is 4.80. The lowest BCUT2D eigenvalue weighted by molar-refractivity contribution is -0.144. The maximum absolute atomic E-state index is 11.7. The first-order valence-corrected chi connectivity index (χ1v) is 5.89. The fourth-order valence-corrected chi connectivity index (χ4v) is 2.06. The average Bonchev–Trinajstić information content (AvgIpc) is 2.65. The molecule has 1 aromatic carbocycles. The van der Waals surface area contributed by atoms with Crippen LogP contribution in [-0.2, 0) is 9.53 Å². The second-order valence-electron chi connectivity index (χ2n) is 4.91. The number of methoxy groups -OCH3 is 1. The number of anilines is 1. The quantitative estimate of drug-likeness (QED) is 0.819. The number of esters is 1. The van der Waals surface area contributed by atoms with Crippen LogP contribution in [0.2, 0.25) is 0 Å². The number of carbonyl (C=O) groups excluding carboxylic acids is 1. The lowest BCUT2D eigenvalue weighted by Gasteiger charge is -2.24. The van der Waals surface area contributed by atoms with Crippen LogP contribution in [0.3, 0.4) is 0 Å². The van der Waals surface area contributed by atoms with E-state index in [0.29, 0.717) is 0 Å². The molecular weight excluding hydrogens is 228 g/mol. The Morgan fingerprint density at radius 1 is 1.33 bits per heavy atom. The summed E-state index contributed by atoms with van der Waals surface area (Å²) >= 11 is 0. The molecule has 0 fully saturated rings. The van der Waals surface area contributed by atoms with Crippen LogP contribution < -0.4 is 5.32 Å². The van der Waals surface area contributed by atoms with Crippen molar-refractivity contribution >= 4 is 22.6 Å². The van der Waals surface area contributed by atoms with E-state index in [4.69, 9.17) is 4.74 Å². The highest BCUT2D eigenvalue weighted by Gasteiger charge is 2.29. The van der Waals surface area contributed by atoms with Gasteiger partial charge in [-0.3, -0.25) is 0 Å². The molecule has 0 aliphatic rings. The Labute approximate surface area is 106 Å². The van der Waals surface area contributed by atoms with Crippen LogP contribution in [0.1, 0.15) is 19.5 Å². The number of H-pyrrole nitrogens is 1. The van der Waals surface area contributed by atoms with Crippen LogP contribution >= 0.6 is 0 Å². The van der Waals surface area contributed by atoms with Crippen molar-refractivity contribution in [3.8, 4) is 0 Å². The molecule has 4 nitrogen and oxygen atoms in total. The molecule has 96 valence electrons. The number of benzene rings is 1. The zero-order valence-electron chi connectivity index (χ0n) is 11.1. The second-order valence-corrected chi connectivity index (χ2v) is 4.91. The first-order valence-electron chi connectivity index (χ1n) is 5.89. The first-order chi connectivity index (χ1) is 8.45. The standard InChI is InChI=1S/C14H18N2O2/c1-9-12(16-14(2,3)13(17)18-4)10-7-5-6-8-11(10)15-9/h5-8,15-16H,1-4H3. The predicted octanol–water partition coefficient (Wildman–Crippen LogP) is 2.84. The summed E-state index contributed by atoms with van der Waals surface area (Å²) in [6, 6.07) is 7.99. The third kappa shape index (κ3) is 2.06. The Bertz CT molecular complexity index is 584. The normalized spacial score (nSPS) is 11.6. The molecule has 2 rings (SSSR count). The molecule has 0 spiro atoms. The Balaban J connectivity index is 2.43. The zero-order chi connectivity index (χ0) is 13.3. The van der Waals surface area contributed by atoms with Gasteiger partial charge in [0.25, 0.3) is 0 Å². The van der Waals surface area contributed by atoms with E-state index in [1.165, 1.54) is 7.11 Å². The van der Waals surface area contributed by atoms with Gasteiger partial charge in [-0.15, -0.1) is 0 Å². The van der Waals surface area contributed by atoms with E-state index in [0.717, 1.165) is 22.3 Å². The molecule has 0 amide bonds. The average molecular weight is 246 g/mol. The Hall–Kier alpha value is -1.97. The Kier molecular flexibility index (Phi) is 3.03. The van der Waals surface area contributed by atoms with Crippen molar-refractivity contribution in [3.63, 3.8) is 0 Å². The lowest BCUT2D eigenvalue weighted by Crippen LogP contribution is -2.41. The number of para-hydroxylation sites is 1. The van der Waals surface area contributed by atoms with Gasteiger partial charge in [0.1, 0.15) is 5.54 Å². The largest absolute Gasteiger partial charge is 0.467 e. The van der Waals surface area contributed by atoms with Crippen LogP contribution in [0.15, 0.2) is 24.3 Å². The summed E-state index contributed by atoms with van der Waals surface area (Å²) in [6.45, 7) is 5.59. The van der Waals surface area contributed by atoms with Crippen molar-refractivity contribution in [1.29, 1.82) is 0 Å². The summed E-state index contributed by atoms with van der Waals surface area (Å²) in [5.41, 5.74) is 2.25. The number of fused-ring (bicyclic) bond motifs is 1. The van der Waals surface area contributed by atoms with E-state index >= 15 is 0 Å². The summed E-state index contributed by atoms with van der Waals surface area (Å²) in [6.07, 6.45) is 0. The smallest absolute Gasteiger partial charge is 0.330 e. The Morgan fingerprint density at radius 3 is 2.67 bits per heavy atom. The molecule has 0 atom stereocenters. The number of nitrogens with one attached hydrogen (secondary N) is 2. The number of aromatic nitrogens is 1. The van der Waals surface area contributed by atoms with E-state index in [1.54, 1.807) is 13.8 Å². The molecule has 18 heavy (non-hydrogen) atoms. The summed E-state index contributed by atoms with van der Waals surface area (Å²) in [4.78, 5) is 15.0. The maximum atomic E-state index is 11.7. The molecule has 0 unspecified atom stereocenters. The van der Waals surface area contributed by atoms with Gasteiger partial charge in [-0.2, -0.15) is 0 Å². The van der Waals surface area contributed by atoms with Gasteiger partial charge < -0.3 is 15.0 Å². The van der Waals surface area contributed by atoms with Crippen molar-refractivity contribution in [3.05, 3.63) is 30.0 Å². The van der Waals surface area contributed by atoms with Crippen LogP contribution in [0.5, 0.6) is 0 Å². The Morgan fingerprint density at radius 2 is 2.00 bits per heavy atom. The highest BCUT2D eigenvalue weighted by molar-refractivity contribution is 5.96. The van der Waals surface area contributed by atoms with Crippen molar-refractivity contribution in [2.45, 2.75) is 26.3 Å². The van der Waals surface area contributed by atoms with Crippen molar-refractivity contribution in [2.24, 2.45) is 0 Å². The second kappa shape index (κ2) is 4.37. The molecule has 1 heterocycles. The maximum Gasteiger partial charge on any atom is 0.330 e. The molecule has 0 bridgehead atoms. The van der Waals surface area contributed by atoms with Crippen molar-refractivity contribution in [2.75, 3.05) is 12.4 Å². The molecule has 0 aliphatic heterocycles. The monoisotopic (exact) mass is 246 g/mol. The van der Waals surface area contributed by atoms with Gasteiger partial charge in [0, 0.05) is 16.6 Å². The fraction of sp³-hybridized carbons (Fsp3) is 0.357. The van der Waals surface area contributed by atoms with Gasteiger partial charge in [0.15, 0.2) is 0 Å². The summed E-state index contributed by atoms with van der Waals surface area (Å²) in [5.74, 6) is -0.285. The fourth-order valence-electron chi connectivity index (χ4n) is 2.06. The van der Waals surface area contributed by atoms with Crippen LogP contribution in [-0.4, -0.2) is 23.6 Å². The molecule has 0 radical (unpaired) electrons. The van der Waals surface area contributed by atoms with E-state index in [1.807, 2.05) is 31.2 Å². The number of aromatic amines is 1. The molecule has 0 saturated carbocycles. The molecule has 0 aliphatic carbocycles. The van der Waals surface area contributed by atoms with E-state index in [9.17, 15) is 4.79 Å². The van der Waals surface area contributed by atoms with Gasteiger partial charge in [0.05, 0.1) is 12.8 Å².